The summed E-state index contributed by atoms with van der Waals surface area (Å²) in [7, 11) is 0. The van der Waals surface area contributed by atoms with Crippen LogP contribution in [-0.4, -0.2) is 35.7 Å². The average Bonchev–Trinajstić information content (AvgIpc) is 2.85. The largest absolute Gasteiger partial charge is 0.481 e. The van der Waals surface area contributed by atoms with Gasteiger partial charge in [-0.05, 0) is 26.2 Å². The van der Waals surface area contributed by atoms with Crippen LogP contribution >= 0.6 is 0 Å². The fourth-order valence-electron chi connectivity index (χ4n) is 2.18. The van der Waals surface area contributed by atoms with Gasteiger partial charge in [0.25, 0.3) is 0 Å². The summed E-state index contributed by atoms with van der Waals surface area (Å²) in [5.41, 5.74) is 0. The maximum Gasteiger partial charge on any atom is 0.307 e. The Morgan fingerprint density at radius 3 is 2.69 bits per heavy atom. The van der Waals surface area contributed by atoms with Crippen molar-refractivity contribution in [3.63, 3.8) is 0 Å². The number of carbonyl (C=O) groups excluding carboxylic acids is 1. The molecule has 4 atom stereocenters. The van der Waals surface area contributed by atoms with Crippen LogP contribution in [0.25, 0.3) is 0 Å². The van der Waals surface area contributed by atoms with Gasteiger partial charge in [-0.3, -0.25) is 9.59 Å². The van der Waals surface area contributed by atoms with Crippen molar-refractivity contribution in [2.45, 2.75) is 38.3 Å². The minimum absolute atomic E-state index is 0.0231. The molecule has 2 aliphatic rings. The van der Waals surface area contributed by atoms with E-state index < -0.39 is 11.9 Å². The Balaban J connectivity index is 1.77. The van der Waals surface area contributed by atoms with Crippen LogP contribution in [-0.2, 0) is 14.3 Å². The van der Waals surface area contributed by atoms with Crippen molar-refractivity contribution >= 4 is 11.9 Å². The molecule has 1 amide bonds. The first kappa shape index (κ1) is 11.4. The van der Waals surface area contributed by atoms with Gasteiger partial charge in [-0.25, -0.2) is 0 Å². The normalized spacial score (nSPS) is 34.4. The number of ether oxygens (including phenoxy) is 1. The summed E-state index contributed by atoms with van der Waals surface area (Å²) in [5, 5.41) is 11.6. The van der Waals surface area contributed by atoms with E-state index in [2.05, 4.69) is 5.32 Å². The SMILES string of the molecule is CC(NC(=O)C1CC1C(=O)O)C1CCCO1. The van der Waals surface area contributed by atoms with Crippen LogP contribution in [0.2, 0.25) is 0 Å². The number of rotatable bonds is 4. The topological polar surface area (TPSA) is 75.6 Å². The van der Waals surface area contributed by atoms with E-state index in [0.29, 0.717) is 6.42 Å². The van der Waals surface area contributed by atoms with Crippen molar-refractivity contribution in [1.82, 2.24) is 5.32 Å². The number of carboxylic acid groups (broad SMARTS) is 1. The van der Waals surface area contributed by atoms with Crippen LogP contribution in [0.1, 0.15) is 26.2 Å². The lowest BCUT2D eigenvalue weighted by Gasteiger charge is -2.19. The highest BCUT2D eigenvalue weighted by Gasteiger charge is 2.48. The summed E-state index contributed by atoms with van der Waals surface area (Å²) in [6, 6.07) is -0.0231. The Morgan fingerprint density at radius 2 is 2.19 bits per heavy atom. The van der Waals surface area contributed by atoms with Gasteiger partial charge >= 0.3 is 5.97 Å². The number of aliphatic carboxylic acids is 1. The highest BCUT2D eigenvalue weighted by molar-refractivity contribution is 5.89. The predicted molar refractivity (Wildman–Crippen MR) is 55.8 cm³/mol. The molecule has 0 aromatic rings. The molecule has 2 rings (SSSR count). The maximum atomic E-state index is 11.7. The van der Waals surface area contributed by atoms with Gasteiger partial charge < -0.3 is 15.2 Å². The number of carbonyl (C=O) groups is 2. The first-order valence-electron chi connectivity index (χ1n) is 5.74. The molecular formula is C11H17NO4. The Kier molecular flexibility index (Phi) is 3.14. The smallest absolute Gasteiger partial charge is 0.307 e. The summed E-state index contributed by atoms with van der Waals surface area (Å²) >= 11 is 0. The van der Waals surface area contributed by atoms with Crippen molar-refractivity contribution in [1.29, 1.82) is 0 Å². The molecule has 4 unspecified atom stereocenters. The minimum atomic E-state index is -0.870. The summed E-state index contributed by atoms with van der Waals surface area (Å²) in [4.78, 5) is 22.3. The molecule has 0 spiro atoms. The minimum Gasteiger partial charge on any atom is -0.481 e. The van der Waals surface area contributed by atoms with Crippen LogP contribution < -0.4 is 5.32 Å². The second-order valence-electron chi connectivity index (χ2n) is 4.64. The Morgan fingerprint density at radius 1 is 1.44 bits per heavy atom. The molecule has 1 aliphatic heterocycles. The van der Waals surface area contributed by atoms with Gasteiger partial charge in [0.2, 0.25) is 5.91 Å². The molecule has 1 saturated carbocycles. The highest BCUT2D eigenvalue weighted by Crippen LogP contribution is 2.38. The Hall–Kier alpha value is -1.10. The summed E-state index contributed by atoms with van der Waals surface area (Å²) < 4.78 is 5.46. The van der Waals surface area contributed by atoms with Gasteiger partial charge in [0.1, 0.15) is 0 Å². The van der Waals surface area contributed by atoms with E-state index in [1.807, 2.05) is 6.92 Å². The van der Waals surface area contributed by atoms with E-state index in [1.54, 1.807) is 0 Å². The van der Waals surface area contributed by atoms with Crippen LogP contribution in [0.4, 0.5) is 0 Å². The maximum absolute atomic E-state index is 11.7. The number of amides is 1. The lowest BCUT2D eigenvalue weighted by molar-refractivity contribution is -0.140. The number of hydrogen-bond donors (Lipinski definition) is 2. The van der Waals surface area contributed by atoms with Crippen molar-refractivity contribution in [2.24, 2.45) is 11.8 Å². The molecule has 0 bridgehead atoms. The molecule has 1 aliphatic carbocycles. The van der Waals surface area contributed by atoms with Crippen molar-refractivity contribution in [3.8, 4) is 0 Å². The van der Waals surface area contributed by atoms with E-state index in [-0.39, 0.29) is 24.0 Å². The summed E-state index contributed by atoms with van der Waals surface area (Å²) in [5.74, 6) is -1.82. The van der Waals surface area contributed by atoms with Crippen molar-refractivity contribution in [2.75, 3.05) is 6.61 Å². The van der Waals surface area contributed by atoms with E-state index in [4.69, 9.17) is 9.84 Å². The van der Waals surface area contributed by atoms with Crippen LogP contribution in [0, 0.1) is 11.8 Å². The summed E-state index contributed by atoms with van der Waals surface area (Å²) in [6.45, 7) is 2.66. The van der Waals surface area contributed by atoms with E-state index >= 15 is 0 Å². The fourth-order valence-corrected chi connectivity index (χ4v) is 2.18. The third kappa shape index (κ3) is 2.35. The first-order valence-corrected chi connectivity index (χ1v) is 5.74. The Labute approximate surface area is 94.2 Å². The quantitative estimate of drug-likeness (QED) is 0.728. The number of hydrogen-bond acceptors (Lipinski definition) is 3. The van der Waals surface area contributed by atoms with E-state index in [0.717, 1.165) is 19.4 Å². The fraction of sp³-hybridized carbons (Fsp3) is 0.818. The molecule has 1 heterocycles. The number of nitrogens with one attached hydrogen (secondary N) is 1. The van der Waals surface area contributed by atoms with E-state index in [1.165, 1.54) is 0 Å². The zero-order valence-corrected chi connectivity index (χ0v) is 9.31. The second kappa shape index (κ2) is 4.41. The molecule has 90 valence electrons. The Bertz CT molecular complexity index is 298. The highest BCUT2D eigenvalue weighted by atomic mass is 16.5. The standard InChI is InChI=1S/C11H17NO4/c1-6(9-3-2-4-16-9)12-10(13)7-5-8(7)11(14)15/h6-9H,2-5H2,1H3,(H,12,13)(H,14,15). The van der Waals surface area contributed by atoms with Gasteiger partial charge in [0, 0.05) is 6.61 Å². The zero-order valence-electron chi connectivity index (χ0n) is 9.31. The summed E-state index contributed by atoms with van der Waals surface area (Å²) in [6.07, 6.45) is 2.56. The number of carboxylic acids is 1. The van der Waals surface area contributed by atoms with Gasteiger partial charge in [-0.15, -0.1) is 0 Å². The zero-order chi connectivity index (χ0) is 11.7. The molecular weight excluding hydrogens is 210 g/mol. The van der Waals surface area contributed by atoms with Gasteiger partial charge in [0.05, 0.1) is 24.0 Å². The molecule has 5 heteroatoms. The van der Waals surface area contributed by atoms with Crippen LogP contribution in [0.15, 0.2) is 0 Å². The average molecular weight is 227 g/mol. The van der Waals surface area contributed by atoms with Crippen molar-refractivity contribution < 1.29 is 19.4 Å². The van der Waals surface area contributed by atoms with Crippen LogP contribution in [0.5, 0.6) is 0 Å². The first-order chi connectivity index (χ1) is 7.59. The molecule has 0 aromatic heterocycles. The molecule has 0 radical (unpaired) electrons. The molecule has 2 N–H and O–H groups in total. The van der Waals surface area contributed by atoms with Crippen LogP contribution in [0.3, 0.4) is 0 Å². The molecule has 5 nitrogen and oxygen atoms in total. The monoisotopic (exact) mass is 227 g/mol. The van der Waals surface area contributed by atoms with Gasteiger partial charge in [-0.2, -0.15) is 0 Å². The lowest BCUT2D eigenvalue weighted by atomic mass is 10.1. The second-order valence-corrected chi connectivity index (χ2v) is 4.64. The molecule has 2 fully saturated rings. The predicted octanol–water partition coefficient (Wildman–Crippen LogP) is 0.391. The third-order valence-electron chi connectivity index (χ3n) is 3.34. The molecule has 1 saturated heterocycles. The van der Waals surface area contributed by atoms with E-state index in [9.17, 15) is 9.59 Å². The molecule has 16 heavy (non-hydrogen) atoms. The lowest BCUT2D eigenvalue weighted by Crippen LogP contribution is -2.42. The van der Waals surface area contributed by atoms with Crippen molar-refractivity contribution in [3.05, 3.63) is 0 Å². The van der Waals surface area contributed by atoms with Gasteiger partial charge in [0.15, 0.2) is 0 Å². The molecule has 0 aromatic carbocycles. The third-order valence-corrected chi connectivity index (χ3v) is 3.34. The van der Waals surface area contributed by atoms with Gasteiger partial charge in [-0.1, -0.05) is 0 Å².